The van der Waals surface area contributed by atoms with Crippen molar-refractivity contribution in [1.82, 2.24) is 9.13 Å². The summed E-state index contributed by atoms with van der Waals surface area (Å²) < 4.78 is 15.7. The monoisotopic (exact) mass is 709 g/mol. The van der Waals surface area contributed by atoms with Gasteiger partial charge in [0.15, 0.2) is 4.80 Å². The average molecular weight is 711 g/mol. The van der Waals surface area contributed by atoms with E-state index in [1.807, 2.05) is 60.8 Å². The van der Waals surface area contributed by atoms with E-state index < -0.39 is 12.0 Å². The van der Waals surface area contributed by atoms with Gasteiger partial charge in [-0.1, -0.05) is 64.9 Å². The fourth-order valence-electron chi connectivity index (χ4n) is 5.46. The van der Waals surface area contributed by atoms with Crippen molar-refractivity contribution in [3.63, 3.8) is 0 Å². The minimum Gasteiger partial charge on any atom is -0.496 e. The van der Waals surface area contributed by atoms with Gasteiger partial charge in [-0.3, -0.25) is 9.36 Å². The molecule has 1 aliphatic heterocycles. The molecule has 2 aromatic heterocycles. The lowest BCUT2D eigenvalue weighted by molar-refractivity contribution is -0.139. The van der Waals surface area contributed by atoms with Crippen LogP contribution in [0.2, 0.25) is 10.0 Å². The van der Waals surface area contributed by atoms with Crippen molar-refractivity contribution in [1.29, 1.82) is 0 Å². The largest absolute Gasteiger partial charge is 0.496 e. The highest BCUT2D eigenvalue weighted by Crippen LogP contribution is 2.35. The van der Waals surface area contributed by atoms with Gasteiger partial charge < -0.3 is 14.0 Å². The van der Waals surface area contributed by atoms with E-state index in [1.54, 1.807) is 37.7 Å². The Morgan fingerprint density at radius 1 is 1.14 bits per heavy atom. The Bertz CT molecular complexity index is 2170. The summed E-state index contributed by atoms with van der Waals surface area (Å²) in [6, 6.07) is 18.2. The van der Waals surface area contributed by atoms with Crippen LogP contribution in [-0.4, -0.2) is 28.8 Å². The number of ether oxygens (including phenoxy) is 2. The summed E-state index contributed by atoms with van der Waals surface area (Å²) in [5.41, 5.74) is 4.09. The molecule has 0 spiro atoms. The zero-order chi connectivity index (χ0) is 31.1. The summed E-state index contributed by atoms with van der Waals surface area (Å²) in [5, 5.41) is 2.15. The maximum atomic E-state index is 14.2. The molecule has 0 unspecified atom stereocenters. The molecule has 0 saturated heterocycles. The van der Waals surface area contributed by atoms with E-state index in [4.69, 9.17) is 37.7 Å². The van der Waals surface area contributed by atoms with Crippen LogP contribution in [0, 0.1) is 0 Å². The molecule has 224 valence electrons. The number of esters is 1. The van der Waals surface area contributed by atoms with Crippen LogP contribution >= 0.6 is 50.5 Å². The van der Waals surface area contributed by atoms with E-state index in [9.17, 15) is 9.59 Å². The Morgan fingerprint density at radius 3 is 2.66 bits per heavy atom. The minimum atomic E-state index is -0.733. The van der Waals surface area contributed by atoms with Crippen molar-refractivity contribution < 1.29 is 14.3 Å². The molecule has 1 atom stereocenters. The first-order valence-corrected chi connectivity index (χ1v) is 16.1. The Hall–Kier alpha value is -3.63. The number of methoxy groups -OCH3 is 1. The second-order valence-corrected chi connectivity index (χ2v) is 12.9. The summed E-state index contributed by atoms with van der Waals surface area (Å²) in [5.74, 6) is 0.125. The first-order valence-electron chi connectivity index (χ1n) is 13.7. The molecule has 1 aliphatic rings. The van der Waals surface area contributed by atoms with Gasteiger partial charge in [0.2, 0.25) is 0 Å². The second kappa shape index (κ2) is 12.4. The smallest absolute Gasteiger partial charge is 0.338 e. The molecule has 0 bridgehead atoms. The third kappa shape index (κ3) is 5.54. The molecule has 44 heavy (non-hydrogen) atoms. The van der Waals surface area contributed by atoms with Crippen molar-refractivity contribution in [2.45, 2.75) is 26.4 Å². The molecule has 6 rings (SSSR count). The van der Waals surface area contributed by atoms with Crippen LogP contribution in [0.15, 0.2) is 92.4 Å². The quantitative estimate of drug-likeness (QED) is 0.173. The molecule has 0 N–H and O–H groups in total. The third-order valence-corrected chi connectivity index (χ3v) is 9.66. The Morgan fingerprint density at radius 2 is 1.93 bits per heavy atom. The van der Waals surface area contributed by atoms with E-state index in [2.05, 4.69) is 20.5 Å². The van der Waals surface area contributed by atoms with Gasteiger partial charge in [-0.05, 0) is 77.3 Å². The lowest BCUT2D eigenvalue weighted by Crippen LogP contribution is -2.39. The highest BCUT2D eigenvalue weighted by molar-refractivity contribution is 9.10. The summed E-state index contributed by atoms with van der Waals surface area (Å²) in [7, 11) is 1.58. The number of carbonyl (C=O) groups is 1. The Labute approximate surface area is 275 Å². The van der Waals surface area contributed by atoms with Gasteiger partial charge >= 0.3 is 5.97 Å². The number of aromatic nitrogens is 2. The van der Waals surface area contributed by atoms with E-state index in [1.165, 1.54) is 11.3 Å². The lowest BCUT2D eigenvalue weighted by Gasteiger charge is -2.25. The topological polar surface area (TPSA) is 74.8 Å². The van der Waals surface area contributed by atoms with E-state index in [0.717, 1.165) is 27.6 Å². The molecule has 0 fully saturated rings. The molecule has 0 aliphatic carbocycles. The highest BCUT2D eigenvalue weighted by atomic mass is 79.9. The summed E-state index contributed by atoms with van der Waals surface area (Å²) in [6.45, 7) is 4.24. The first kappa shape index (κ1) is 30.4. The number of rotatable bonds is 7. The maximum Gasteiger partial charge on any atom is 0.338 e. The fourth-order valence-corrected chi connectivity index (χ4v) is 7.52. The van der Waals surface area contributed by atoms with Gasteiger partial charge in [-0.2, -0.15) is 0 Å². The van der Waals surface area contributed by atoms with Gasteiger partial charge in [0, 0.05) is 39.3 Å². The third-order valence-electron chi connectivity index (χ3n) is 7.47. The van der Waals surface area contributed by atoms with E-state index in [0.29, 0.717) is 47.4 Å². The van der Waals surface area contributed by atoms with Crippen molar-refractivity contribution in [2.24, 2.45) is 4.99 Å². The molecule has 0 amide bonds. The van der Waals surface area contributed by atoms with Crippen molar-refractivity contribution in [3.8, 4) is 5.75 Å². The maximum absolute atomic E-state index is 14.2. The second-order valence-electron chi connectivity index (χ2n) is 10.2. The number of carbonyl (C=O) groups excluding carboxylic acids is 1. The molecule has 11 heteroatoms. The van der Waals surface area contributed by atoms with Crippen LogP contribution in [0.5, 0.6) is 5.75 Å². The summed E-state index contributed by atoms with van der Waals surface area (Å²) in [6.07, 6.45) is 3.90. The van der Waals surface area contributed by atoms with Crippen LogP contribution in [0.1, 0.15) is 36.6 Å². The number of hydrogen-bond acceptors (Lipinski definition) is 6. The number of halogens is 3. The number of benzene rings is 3. The summed E-state index contributed by atoms with van der Waals surface area (Å²) in [4.78, 5) is 32.6. The van der Waals surface area contributed by atoms with Gasteiger partial charge in [0.05, 0.1) is 40.0 Å². The molecule has 3 heterocycles. The van der Waals surface area contributed by atoms with Crippen LogP contribution in [0.25, 0.3) is 17.0 Å². The first-order chi connectivity index (χ1) is 21.2. The molecule has 7 nitrogen and oxygen atoms in total. The number of fused-ring (bicyclic) bond motifs is 2. The minimum absolute atomic E-state index is 0.199. The van der Waals surface area contributed by atoms with Crippen molar-refractivity contribution in [2.75, 3.05) is 13.7 Å². The number of allylic oxidation sites excluding steroid dienone is 1. The van der Waals surface area contributed by atoms with Crippen LogP contribution in [-0.2, 0) is 16.1 Å². The molecule has 3 aromatic carbocycles. The average Bonchev–Trinajstić information content (AvgIpc) is 3.50. The molecule has 0 radical (unpaired) electrons. The predicted molar refractivity (Wildman–Crippen MR) is 179 cm³/mol. The molecule has 0 saturated carbocycles. The predicted octanol–water partition coefficient (Wildman–Crippen LogP) is 6.88. The molecule has 5 aromatic rings. The van der Waals surface area contributed by atoms with Gasteiger partial charge in [-0.15, -0.1) is 0 Å². The van der Waals surface area contributed by atoms with Gasteiger partial charge in [-0.25, -0.2) is 9.79 Å². The number of hydrogen-bond donors (Lipinski definition) is 0. The van der Waals surface area contributed by atoms with Gasteiger partial charge in [0.25, 0.3) is 5.56 Å². The normalized spacial score (nSPS) is 15.0. The molecular weight excluding hydrogens is 685 g/mol. The van der Waals surface area contributed by atoms with Crippen molar-refractivity contribution in [3.05, 3.63) is 129 Å². The lowest BCUT2D eigenvalue weighted by atomic mass is 9.96. The SMILES string of the molecule is CCOC(=O)C1=C(C)N=c2s/c(=C/c3cn(Cc4ccc(Cl)cc4Cl)c4ccccc34)c(=O)n2[C@@H]1c1ccc(OC)c(Br)c1. The highest BCUT2D eigenvalue weighted by Gasteiger charge is 2.33. The van der Waals surface area contributed by atoms with Crippen LogP contribution in [0.3, 0.4) is 0 Å². The van der Waals surface area contributed by atoms with E-state index in [-0.39, 0.29) is 12.2 Å². The number of thiazole rings is 1. The zero-order valence-corrected chi connectivity index (χ0v) is 27.9. The van der Waals surface area contributed by atoms with E-state index >= 15 is 0 Å². The van der Waals surface area contributed by atoms with Crippen LogP contribution < -0.4 is 19.6 Å². The van der Waals surface area contributed by atoms with Crippen molar-refractivity contribution >= 4 is 73.4 Å². The van der Waals surface area contributed by atoms with Crippen LogP contribution in [0.4, 0.5) is 0 Å². The van der Waals surface area contributed by atoms with Gasteiger partial charge in [0.1, 0.15) is 5.75 Å². The number of para-hydroxylation sites is 1. The Balaban J connectivity index is 1.52. The standard InChI is InChI=1S/C33H26BrCl2N3O4S/c1-4-43-32(41)29-18(2)37-33-39(30(29)19-10-12-27(42-3)24(34)13-19)31(40)28(44-33)14-21-17-38(26-8-6-5-7-23(21)26)16-20-9-11-22(35)15-25(20)36/h5-15,17,30H,4,16H2,1-3H3/b28-14+/t30-/m1/s1. The zero-order valence-electron chi connectivity index (χ0n) is 23.9. The fraction of sp³-hybridized carbons (Fsp3) is 0.182. The number of nitrogens with zero attached hydrogens (tertiary/aromatic N) is 3. The Kier molecular flexibility index (Phi) is 8.57. The molecular formula is C33H26BrCl2N3O4S. The summed E-state index contributed by atoms with van der Waals surface area (Å²) >= 11 is 17.5.